The quantitative estimate of drug-likeness (QED) is 0.755. The predicted molar refractivity (Wildman–Crippen MR) is 74.6 cm³/mol. The molecule has 0 saturated heterocycles. The molecule has 108 valence electrons. The zero-order valence-corrected chi connectivity index (χ0v) is 12.3. The van der Waals surface area contributed by atoms with Crippen LogP contribution in [0, 0.1) is 0 Å². The molecule has 3 aromatic heterocycles. The molecule has 0 aromatic carbocycles. The highest BCUT2D eigenvalue weighted by Gasteiger charge is 2.13. The van der Waals surface area contributed by atoms with E-state index >= 15 is 0 Å². The Morgan fingerprint density at radius 1 is 1.38 bits per heavy atom. The fraction of sp³-hybridized carbons (Fsp3) is 0.200. The maximum Gasteiger partial charge on any atom is 0.343 e. The molecule has 11 heteroatoms. The third-order valence-electron chi connectivity index (χ3n) is 2.51. The zero-order valence-electron chi connectivity index (χ0n) is 10.8. The molecular weight excluding hydrogens is 316 g/mol. The Labute approximate surface area is 127 Å². The van der Waals surface area contributed by atoms with Crippen LogP contribution in [-0.2, 0) is 6.54 Å². The highest BCUT2D eigenvalue weighted by atomic mass is 35.5. The van der Waals surface area contributed by atoms with Gasteiger partial charge in [0.2, 0.25) is 10.4 Å². The minimum Gasteiger partial charge on any atom is -0.270 e. The Morgan fingerprint density at radius 2 is 2.24 bits per heavy atom. The van der Waals surface area contributed by atoms with E-state index in [1.807, 2.05) is 6.92 Å². The van der Waals surface area contributed by atoms with E-state index in [1.165, 1.54) is 9.25 Å². The number of aromatic nitrogens is 8. The van der Waals surface area contributed by atoms with Crippen molar-refractivity contribution in [3.63, 3.8) is 0 Å². The Morgan fingerprint density at radius 3 is 2.95 bits per heavy atom. The molecule has 0 aliphatic rings. The van der Waals surface area contributed by atoms with Gasteiger partial charge in [0, 0.05) is 18.9 Å². The van der Waals surface area contributed by atoms with Gasteiger partial charge in [0.05, 0.1) is 0 Å². The summed E-state index contributed by atoms with van der Waals surface area (Å²) >= 11 is 7.02. The van der Waals surface area contributed by atoms with Gasteiger partial charge < -0.3 is 0 Å². The molecule has 3 aromatic rings. The fourth-order valence-electron chi connectivity index (χ4n) is 1.60. The van der Waals surface area contributed by atoms with E-state index in [0.717, 1.165) is 11.8 Å². The van der Waals surface area contributed by atoms with Crippen molar-refractivity contribution in [2.24, 2.45) is 0 Å². The van der Waals surface area contributed by atoms with Gasteiger partial charge >= 0.3 is 5.69 Å². The molecule has 0 aliphatic carbocycles. The molecule has 0 aliphatic heterocycles. The first kappa shape index (κ1) is 13.8. The van der Waals surface area contributed by atoms with Crippen LogP contribution < -0.4 is 5.69 Å². The van der Waals surface area contributed by atoms with Crippen molar-refractivity contribution >= 4 is 23.4 Å². The van der Waals surface area contributed by atoms with Gasteiger partial charge in [-0.1, -0.05) is 0 Å². The van der Waals surface area contributed by atoms with Gasteiger partial charge in [-0.3, -0.25) is 4.57 Å². The topological polar surface area (TPSA) is 107 Å². The van der Waals surface area contributed by atoms with Crippen molar-refractivity contribution < 1.29 is 0 Å². The molecule has 0 atom stereocenters. The molecule has 0 bridgehead atoms. The van der Waals surface area contributed by atoms with E-state index in [4.69, 9.17) is 11.6 Å². The third kappa shape index (κ3) is 2.81. The van der Waals surface area contributed by atoms with Crippen LogP contribution in [0.25, 0.3) is 5.95 Å². The largest absolute Gasteiger partial charge is 0.343 e. The predicted octanol–water partition coefficient (Wildman–Crippen LogP) is 0.767. The van der Waals surface area contributed by atoms with Crippen LogP contribution in [0.4, 0.5) is 0 Å². The van der Waals surface area contributed by atoms with E-state index in [-0.39, 0.29) is 11.0 Å². The monoisotopic (exact) mass is 324 g/mol. The molecule has 21 heavy (non-hydrogen) atoms. The molecule has 0 fully saturated rings. The number of hydrogen-bond donors (Lipinski definition) is 1. The number of rotatable bonds is 4. The maximum atomic E-state index is 11.5. The van der Waals surface area contributed by atoms with Gasteiger partial charge in [0.1, 0.15) is 0 Å². The molecule has 0 spiro atoms. The molecule has 9 nitrogen and oxygen atoms in total. The van der Waals surface area contributed by atoms with Crippen LogP contribution in [0.5, 0.6) is 0 Å². The highest BCUT2D eigenvalue weighted by Crippen LogP contribution is 2.22. The van der Waals surface area contributed by atoms with Gasteiger partial charge in [-0.2, -0.15) is 20.1 Å². The molecule has 0 saturated carbocycles. The number of aromatic amines is 1. The van der Waals surface area contributed by atoms with Crippen LogP contribution in [0.15, 0.2) is 33.6 Å². The van der Waals surface area contributed by atoms with Crippen molar-refractivity contribution in [2.45, 2.75) is 23.8 Å². The lowest BCUT2D eigenvalue weighted by Crippen LogP contribution is -2.16. The first-order valence-electron chi connectivity index (χ1n) is 5.92. The van der Waals surface area contributed by atoms with Gasteiger partial charge in [0.25, 0.3) is 5.95 Å². The fourth-order valence-corrected chi connectivity index (χ4v) is 2.64. The summed E-state index contributed by atoms with van der Waals surface area (Å²) in [5, 5.41) is 11.2. The summed E-state index contributed by atoms with van der Waals surface area (Å²) in [6, 6.07) is 1.74. The molecule has 0 unspecified atom stereocenters. The van der Waals surface area contributed by atoms with Crippen molar-refractivity contribution in [3.8, 4) is 5.95 Å². The molecule has 3 rings (SSSR count). The summed E-state index contributed by atoms with van der Waals surface area (Å²) in [6.45, 7) is 2.33. The number of hydrogen-bond acceptors (Lipinski definition) is 7. The summed E-state index contributed by atoms with van der Waals surface area (Å²) in [5.41, 5.74) is -0.285. The van der Waals surface area contributed by atoms with Gasteiger partial charge in [-0.15, -0.1) is 5.10 Å². The second-order valence-electron chi connectivity index (χ2n) is 3.80. The van der Waals surface area contributed by atoms with Crippen LogP contribution in [0.1, 0.15) is 6.92 Å². The Bertz CT molecular complexity index is 811. The second kappa shape index (κ2) is 5.66. The Hall–Kier alpha value is -2.20. The van der Waals surface area contributed by atoms with Crippen molar-refractivity contribution in [3.05, 3.63) is 34.2 Å². The molecule has 1 N–H and O–H groups in total. The molecule has 3 heterocycles. The number of nitrogens with one attached hydrogen (secondary N) is 1. The smallest absolute Gasteiger partial charge is 0.270 e. The zero-order chi connectivity index (χ0) is 14.8. The van der Waals surface area contributed by atoms with E-state index in [9.17, 15) is 4.79 Å². The maximum absolute atomic E-state index is 11.5. The summed E-state index contributed by atoms with van der Waals surface area (Å²) in [6.07, 6.45) is 3.30. The molecule has 0 radical (unpaired) electrons. The van der Waals surface area contributed by atoms with Crippen LogP contribution in [0.2, 0.25) is 5.28 Å². The summed E-state index contributed by atoms with van der Waals surface area (Å²) in [5.74, 6) is 0.295. The van der Waals surface area contributed by atoms with Gasteiger partial charge in [0.15, 0.2) is 5.16 Å². The lowest BCUT2D eigenvalue weighted by molar-refractivity contribution is 0.658. The first-order chi connectivity index (χ1) is 10.2. The van der Waals surface area contributed by atoms with Crippen LogP contribution in [0.3, 0.4) is 0 Å². The van der Waals surface area contributed by atoms with E-state index in [1.54, 1.807) is 18.5 Å². The summed E-state index contributed by atoms with van der Waals surface area (Å²) < 4.78 is 2.94. The van der Waals surface area contributed by atoms with E-state index < -0.39 is 0 Å². The second-order valence-corrected chi connectivity index (χ2v) is 5.07. The van der Waals surface area contributed by atoms with Crippen LogP contribution >= 0.6 is 23.4 Å². The summed E-state index contributed by atoms with van der Waals surface area (Å²) in [4.78, 5) is 23.8. The SMILES string of the molecule is CCn1c(Sc2nc(Cl)nc(-n3cccn3)n2)n[nH]c1=O. The minimum atomic E-state index is -0.285. The van der Waals surface area contributed by atoms with E-state index in [0.29, 0.717) is 22.8 Å². The lowest BCUT2D eigenvalue weighted by atomic mass is 10.7. The number of H-pyrrole nitrogens is 1. The average molecular weight is 325 g/mol. The standard InChI is InChI=1S/C10H9ClN8OS/c1-2-18-9(20)16-17-10(18)21-8-14-6(11)13-7(15-8)19-5-3-4-12-19/h3-5H,2H2,1H3,(H,16,20). The van der Waals surface area contributed by atoms with E-state index in [2.05, 4.69) is 30.2 Å². The molecule has 0 amide bonds. The van der Waals surface area contributed by atoms with Crippen molar-refractivity contribution in [1.29, 1.82) is 0 Å². The van der Waals surface area contributed by atoms with Crippen molar-refractivity contribution in [1.82, 2.24) is 39.5 Å². The molecular formula is C10H9ClN8OS. The average Bonchev–Trinajstić information content (AvgIpc) is 3.08. The van der Waals surface area contributed by atoms with Crippen LogP contribution in [-0.4, -0.2) is 39.5 Å². The minimum absolute atomic E-state index is 0.0407. The normalized spacial score (nSPS) is 11.0. The lowest BCUT2D eigenvalue weighted by Gasteiger charge is -2.03. The first-order valence-corrected chi connectivity index (χ1v) is 7.11. The number of halogens is 1. The Kier molecular flexibility index (Phi) is 3.71. The number of nitrogens with zero attached hydrogens (tertiary/aromatic N) is 7. The van der Waals surface area contributed by atoms with Gasteiger partial charge in [-0.05, 0) is 36.4 Å². The summed E-state index contributed by atoms with van der Waals surface area (Å²) in [7, 11) is 0. The third-order valence-corrected chi connectivity index (χ3v) is 3.54. The highest BCUT2D eigenvalue weighted by molar-refractivity contribution is 7.99. The Balaban J connectivity index is 1.97. The van der Waals surface area contributed by atoms with Gasteiger partial charge in [-0.25, -0.2) is 14.6 Å². The van der Waals surface area contributed by atoms with Crippen molar-refractivity contribution in [2.75, 3.05) is 0 Å².